The van der Waals surface area contributed by atoms with E-state index in [4.69, 9.17) is 9.84 Å². The van der Waals surface area contributed by atoms with Crippen molar-refractivity contribution in [1.29, 1.82) is 0 Å². The average Bonchev–Trinajstić information content (AvgIpc) is 1.98. The van der Waals surface area contributed by atoms with Gasteiger partial charge in [0.2, 0.25) is 0 Å². The Balaban J connectivity index is -0.000000112. The largest absolute Gasteiger partial charge is 1.00 e. The zero-order valence-corrected chi connectivity index (χ0v) is 17.6. The van der Waals surface area contributed by atoms with Crippen molar-refractivity contribution in [3.05, 3.63) is 0 Å². The van der Waals surface area contributed by atoms with Crippen molar-refractivity contribution in [2.75, 3.05) is 68.6 Å². The third-order valence-corrected chi connectivity index (χ3v) is 1.84. The summed E-state index contributed by atoms with van der Waals surface area (Å²) in [5.74, 6) is -0.201. The van der Waals surface area contributed by atoms with Gasteiger partial charge < -0.3 is 66.8 Å². The summed E-state index contributed by atoms with van der Waals surface area (Å²) in [6, 6.07) is 0. The Kier molecular flexibility index (Phi) is 20.3. The molecule has 0 aromatic heterocycles. The molecule has 7 heteroatoms. The number of quaternary nitrogens is 2. The Hall–Kier alpha value is 0.810. The van der Waals surface area contributed by atoms with Gasteiger partial charge in [0.15, 0.2) is 0 Å². The predicted octanol–water partition coefficient (Wildman–Crippen LogP) is -6.05. The van der Waals surface area contributed by atoms with E-state index in [1.165, 1.54) is 6.92 Å². The van der Waals surface area contributed by atoms with E-state index in [-0.39, 0.29) is 60.5 Å². The number of aliphatic hydroxyl groups excluding tert-OH is 1. The van der Waals surface area contributed by atoms with Gasteiger partial charge in [-0.05, 0) is 0 Å². The second kappa shape index (κ2) is 13.8. The molecule has 5 nitrogen and oxygen atoms in total. The zero-order chi connectivity index (χ0) is 14.1. The summed E-state index contributed by atoms with van der Waals surface area (Å²) in [5.41, 5.74) is 0. The molecule has 19 heavy (non-hydrogen) atoms. The molecule has 0 aliphatic rings. The number of nitrogens with zero attached hydrogens (tertiary/aromatic N) is 2. The fourth-order valence-electron chi connectivity index (χ4n) is 0.763. The van der Waals surface area contributed by atoms with Crippen LogP contribution < -0.4 is 48.0 Å². The van der Waals surface area contributed by atoms with E-state index in [9.17, 15) is 4.79 Å². The number of ether oxygens (including phenoxy) is 1. The molecule has 0 aromatic carbocycles. The van der Waals surface area contributed by atoms with Crippen molar-refractivity contribution in [2.24, 2.45) is 0 Å². The average molecular weight is 504 g/mol. The Labute approximate surface area is 152 Å². The van der Waals surface area contributed by atoms with E-state index in [1.807, 2.05) is 0 Å². The molecule has 1 N–H and O–H groups in total. The minimum absolute atomic E-state index is 0. The van der Waals surface area contributed by atoms with E-state index in [0.29, 0.717) is 6.61 Å². The zero-order valence-electron chi connectivity index (χ0n) is 13.2. The maximum Gasteiger partial charge on any atom is 0.302 e. The molecule has 0 saturated heterocycles. The van der Waals surface area contributed by atoms with Gasteiger partial charge in [0.25, 0.3) is 0 Å². The lowest BCUT2D eigenvalue weighted by molar-refractivity contribution is -0.870. The molecule has 0 radical (unpaired) electrons. The number of halogens is 2. The third kappa shape index (κ3) is 38.1. The molecule has 0 spiro atoms. The Morgan fingerprint density at radius 2 is 1.32 bits per heavy atom. The molecule has 0 bridgehead atoms. The monoisotopic (exact) mass is 504 g/mol. The van der Waals surface area contributed by atoms with Gasteiger partial charge in [-0.25, -0.2) is 0 Å². The molecule has 0 aromatic rings. The van der Waals surface area contributed by atoms with Gasteiger partial charge in [0, 0.05) is 6.92 Å². The van der Waals surface area contributed by atoms with Crippen molar-refractivity contribution in [3.63, 3.8) is 0 Å². The molecule has 0 aliphatic carbocycles. The highest BCUT2D eigenvalue weighted by molar-refractivity contribution is 5.65. The van der Waals surface area contributed by atoms with Gasteiger partial charge >= 0.3 is 5.97 Å². The van der Waals surface area contributed by atoms with Crippen LogP contribution in [0.2, 0.25) is 0 Å². The Bertz CT molecular complexity index is 214. The first-order valence-corrected chi connectivity index (χ1v) is 5.83. The molecule has 0 amide bonds. The minimum Gasteiger partial charge on any atom is -1.00 e. The van der Waals surface area contributed by atoms with Crippen molar-refractivity contribution < 1.29 is 71.6 Å². The van der Waals surface area contributed by atoms with E-state index in [2.05, 4.69) is 42.3 Å². The van der Waals surface area contributed by atoms with Crippen LogP contribution in [-0.4, -0.2) is 88.6 Å². The van der Waals surface area contributed by atoms with Crippen LogP contribution in [0.25, 0.3) is 0 Å². The fourth-order valence-corrected chi connectivity index (χ4v) is 0.763. The number of hydrogen-bond donors (Lipinski definition) is 1. The van der Waals surface area contributed by atoms with Crippen molar-refractivity contribution in [3.8, 4) is 0 Å². The lowest BCUT2D eigenvalue weighted by atomic mass is 10.5. The smallest absolute Gasteiger partial charge is 0.302 e. The molecule has 0 atom stereocenters. The quantitative estimate of drug-likeness (QED) is 0.231. The molecular formula is C12H30I2N2O3. The predicted molar refractivity (Wildman–Crippen MR) is 69.5 cm³/mol. The van der Waals surface area contributed by atoms with Crippen LogP contribution in [-0.2, 0) is 9.53 Å². The summed E-state index contributed by atoms with van der Waals surface area (Å²) in [6.45, 7) is 3.91. The third-order valence-electron chi connectivity index (χ3n) is 1.84. The summed E-state index contributed by atoms with van der Waals surface area (Å²) >= 11 is 0. The highest BCUT2D eigenvalue weighted by atomic mass is 127. The van der Waals surface area contributed by atoms with Crippen LogP contribution >= 0.6 is 0 Å². The second-order valence-corrected chi connectivity index (χ2v) is 6.09. The number of aliphatic hydroxyl groups is 1. The van der Waals surface area contributed by atoms with E-state index < -0.39 is 0 Å². The molecule has 0 rings (SSSR count). The van der Waals surface area contributed by atoms with Crippen LogP contribution in [0, 0.1) is 0 Å². The van der Waals surface area contributed by atoms with E-state index in [0.717, 1.165) is 22.1 Å². The molecular weight excluding hydrogens is 474 g/mol. The number of carbonyl (C=O) groups excluding carboxylic acids is 1. The van der Waals surface area contributed by atoms with Gasteiger partial charge in [-0.2, -0.15) is 0 Å². The van der Waals surface area contributed by atoms with Gasteiger partial charge in [-0.15, -0.1) is 0 Å². The summed E-state index contributed by atoms with van der Waals surface area (Å²) < 4.78 is 6.43. The van der Waals surface area contributed by atoms with Crippen LogP contribution in [0.15, 0.2) is 0 Å². The number of carbonyl (C=O) groups is 1. The second-order valence-electron chi connectivity index (χ2n) is 6.09. The summed E-state index contributed by atoms with van der Waals surface area (Å²) in [6.07, 6.45) is 0. The van der Waals surface area contributed by atoms with Crippen LogP contribution in [0.1, 0.15) is 6.92 Å². The molecule has 0 fully saturated rings. The first kappa shape index (κ1) is 28.0. The molecule has 0 heterocycles. The van der Waals surface area contributed by atoms with E-state index in [1.54, 1.807) is 0 Å². The van der Waals surface area contributed by atoms with Crippen molar-refractivity contribution in [1.82, 2.24) is 0 Å². The Morgan fingerprint density at radius 1 is 0.947 bits per heavy atom. The van der Waals surface area contributed by atoms with Gasteiger partial charge in [0.1, 0.15) is 19.7 Å². The molecule has 0 aliphatic heterocycles. The summed E-state index contributed by atoms with van der Waals surface area (Å²) in [5, 5.41) is 8.39. The van der Waals surface area contributed by atoms with Crippen LogP contribution in [0.4, 0.5) is 0 Å². The summed E-state index contributed by atoms with van der Waals surface area (Å²) in [4.78, 5) is 10.3. The molecule has 120 valence electrons. The topological polar surface area (TPSA) is 46.5 Å². The van der Waals surface area contributed by atoms with Crippen LogP contribution in [0.5, 0.6) is 0 Å². The van der Waals surface area contributed by atoms with Gasteiger partial charge in [0.05, 0.1) is 48.9 Å². The molecule has 0 saturated carbocycles. The normalized spacial score (nSPS) is 10.3. The standard InChI is InChI=1S/C7H16NO2.C5H14NO.2HI/c1-7(9)10-6-5-8(2,3)4;1-6(2,3)4-5-7;;/h5-6H2,1-4H3;7H,4-5H2,1-3H3;2*1H/q2*+1;;/p-2. The van der Waals surface area contributed by atoms with Crippen molar-refractivity contribution in [2.45, 2.75) is 6.92 Å². The maximum atomic E-state index is 10.3. The maximum absolute atomic E-state index is 10.3. The van der Waals surface area contributed by atoms with Crippen molar-refractivity contribution >= 4 is 5.97 Å². The fraction of sp³-hybridized carbons (Fsp3) is 0.917. The van der Waals surface area contributed by atoms with Gasteiger partial charge in [-0.1, -0.05) is 0 Å². The number of hydrogen-bond acceptors (Lipinski definition) is 3. The van der Waals surface area contributed by atoms with E-state index >= 15 is 0 Å². The van der Waals surface area contributed by atoms with Gasteiger partial charge in [-0.3, -0.25) is 4.79 Å². The first-order valence-electron chi connectivity index (χ1n) is 5.83. The Morgan fingerprint density at radius 3 is 1.47 bits per heavy atom. The first-order chi connectivity index (χ1) is 7.48. The lowest BCUT2D eigenvalue weighted by Gasteiger charge is -2.23. The van der Waals surface area contributed by atoms with Crippen LogP contribution in [0.3, 0.4) is 0 Å². The highest BCUT2D eigenvalue weighted by Crippen LogP contribution is 1.89. The molecule has 0 unspecified atom stereocenters. The number of likely N-dealkylation sites (N-methyl/N-ethyl adjacent to an activating group) is 2. The number of esters is 1. The lowest BCUT2D eigenvalue weighted by Crippen LogP contribution is -3.00. The highest BCUT2D eigenvalue weighted by Gasteiger charge is 2.06. The minimum atomic E-state index is -0.201. The number of rotatable bonds is 5. The SMILES string of the molecule is CC(=O)OCC[N+](C)(C)C.C[N+](C)(C)CCO.[I-].[I-]. The summed E-state index contributed by atoms with van der Waals surface area (Å²) in [7, 11) is 12.3.